The first-order chi connectivity index (χ1) is 21.3. The molecule has 44 heavy (non-hydrogen) atoms. The van der Waals surface area contributed by atoms with Crippen molar-refractivity contribution in [2.24, 2.45) is 5.73 Å². The molecule has 6 aromatic rings. The number of hydrogen-bond acceptors (Lipinski definition) is 13. The van der Waals surface area contributed by atoms with Crippen molar-refractivity contribution in [1.82, 2.24) is 39.5 Å². The Kier molecular flexibility index (Phi) is 9.53. The molecular formula is C28H29N9O5S2. The summed E-state index contributed by atoms with van der Waals surface area (Å²) in [5, 5.41) is 31.3. The van der Waals surface area contributed by atoms with Gasteiger partial charge in [0, 0.05) is 33.9 Å². The van der Waals surface area contributed by atoms with Crippen LogP contribution < -0.4 is 5.73 Å². The number of carbonyl (C=O) groups excluding carboxylic acids is 2. The van der Waals surface area contributed by atoms with Crippen molar-refractivity contribution in [2.75, 3.05) is 32.3 Å². The van der Waals surface area contributed by atoms with Crippen LogP contribution in [0, 0.1) is 0 Å². The standard InChI is InChI=1S/C15H16N4O3S.C13H13N5O2S/c1-3-22-14(21)12-10-5-4-9-8-16-15(23-2)17-11(9)13(10)19(18-12)6-7-20;1-21-13-15-6-7-2-3-8-10(12(14)20)17-18(4-5-19)11(8)9(7)16-13/h4-5,8,20H,3,6-7H2,1-2H3;2-3,6,19H,4-5H2,1H3,(H2,14,20). The maximum atomic E-state index is 12.1. The number of esters is 1. The topological polar surface area (TPSA) is 197 Å². The second kappa shape index (κ2) is 13.5. The van der Waals surface area contributed by atoms with Gasteiger partial charge in [-0.05, 0) is 31.6 Å². The zero-order valence-electron chi connectivity index (χ0n) is 24.1. The smallest absolute Gasteiger partial charge is 0.359 e. The summed E-state index contributed by atoms with van der Waals surface area (Å²) in [6.07, 6.45) is 7.26. The molecule has 0 atom stereocenters. The van der Waals surface area contributed by atoms with Crippen LogP contribution in [-0.2, 0) is 17.8 Å². The Morgan fingerprint density at radius 3 is 1.73 bits per heavy atom. The average Bonchev–Trinajstić information content (AvgIpc) is 3.60. The average molecular weight is 636 g/mol. The number of benzene rings is 2. The number of aliphatic hydroxyl groups excluding tert-OH is 2. The Morgan fingerprint density at radius 1 is 0.818 bits per heavy atom. The molecule has 228 valence electrons. The van der Waals surface area contributed by atoms with Crippen LogP contribution in [0.4, 0.5) is 0 Å². The van der Waals surface area contributed by atoms with Gasteiger partial charge in [0.05, 0.1) is 43.9 Å². The van der Waals surface area contributed by atoms with Crippen molar-refractivity contribution in [3.05, 3.63) is 48.0 Å². The largest absolute Gasteiger partial charge is 0.461 e. The van der Waals surface area contributed by atoms with Crippen LogP contribution in [0.2, 0.25) is 0 Å². The molecule has 0 saturated heterocycles. The minimum absolute atomic E-state index is 0.0874. The number of amides is 1. The number of ether oxygens (including phenoxy) is 1. The lowest BCUT2D eigenvalue weighted by molar-refractivity contribution is 0.0520. The first-order valence-electron chi connectivity index (χ1n) is 13.4. The van der Waals surface area contributed by atoms with Crippen LogP contribution in [0.1, 0.15) is 27.9 Å². The van der Waals surface area contributed by atoms with E-state index in [0.29, 0.717) is 43.2 Å². The highest BCUT2D eigenvalue weighted by Crippen LogP contribution is 2.29. The highest BCUT2D eigenvalue weighted by atomic mass is 32.2. The monoisotopic (exact) mass is 635 g/mol. The third-order valence-corrected chi connectivity index (χ3v) is 7.69. The molecule has 16 heteroatoms. The summed E-state index contributed by atoms with van der Waals surface area (Å²) in [7, 11) is 0. The van der Waals surface area contributed by atoms with E-state index in [9.17, 15) is 19.8 Å². The maximum Gasteiger partial charge on any atom is 0.359 e. The molecule has 0 bridgehead atoms. The number of nitrogens with two attached hydrogens (primary N) is 1. The fourth-order valence-corrected chi connectivity index (χ4v) is 5.41. The highest BCUT2D eigenvalue weighted by molar-refractivity contribution is 7.98. The molecule has 4 aromatic heterocycles. The second-order valence-corrected chi connectivity index (χ2v) is 10.7. The van der Waals surface area contributed by atoms with Crippen LogP contribution in [-0.4, -0.2) is 93.9 Å². The Labute approximate surface area is 259 Å². The fourth-order valence-electron chi connectivity index (χ4n) is 4.73. The molecule has 4 heterocycles. The van der Waals surface area contributed by atoms with Gasteiger partial charge in [-0.2, -0.15) is 10.2 Å². The maximum absolute atomic E-state index is 12.1. The summed E-state index contributed by atoms with van der Waals surface area (Å²) in [4.78, 5) is 41.2. The lowest BCUT2D eigenvalue weighted by Gasteiger charge is -2.04. The number of fused-ring (bicyclic) bond motifs is 6. The van der Waals surface area contributed by atoms with Crippen molar-refractivity contribution in [1.29, 1.82) is 0 Å². The second-order valence-electron chi connectivity index (χ2n) is 9.19. The number of hydrogen-bond donors (Lipinski definition) is 3. The van der Waals surface area contributed by atoms with E-state index in [-0.39, 0.29) is 44.3 Å². The lowest BCUT2D eigenvalue weighted by atomic mass is 10.1. The SMILES string of the molecule is CCOC(=O)c1nn(CCO)c2c1ccc1cnc(SC)nc12.CSc1ncc2ccc3c(C(N)=O)nn(CCO)c3c2n1. The Bertz CT molecular complexity index is 2010. The number of aromatic nitrogens is 8. The van der Waals surface area contributed by atoms with Gasteiger partial charge in [-0.3, -0.25) is 14.2 Å². The summed E-state index contributed by atoms with van der Waals surface area (Å²) in [6.45, 7) is 2.38. The van der Waals surface area contributed by atoms with Crippen LogP contribution in [0.5, 0.6) is 0 Å². The van der Waals surface area contributed by atoms with Gasteiger partial charge >= 0.3 is 5.97 Å². The minimum Gasteiger partial charge on any atom is -0.461 e. The van der Waals surface area contributed by atoms with Crippen molar-refractivity contribution >= 4 is 79.0 Å². The molecule has 0 saturated carbocycles. The first kappa shape index (κ1) is 31.1. The quantitative estimate of drug-likeness (QED) is 0.119. The van der Waals surface area contributed by atoms with E-state index in [0.717, 1.165) is 10.8 Å². The molecule has 6 rings (SSSR count). The normalized spacial score (nSPS) is 11.3. The molecule has 0 aliphatic rings. The molecule has 0 radical (unpaired) electrons. The number of aliphatic hydroxyl groups is 2. The molecular weight excluding hydrogens is 606 g/mol. The van der Waals surface area contributed by atoms with Gasteiger partial charge in [0.1, 0.15) is 11.0 Å². The van der Waals surface area contributed by atoms with Crippen molar-refractivity contribution in [3.63, 3.8) is 0 Å². The number of nitrogens with zero attached hydrogens (tertiary/aromatic N) is 8. The van der Waals surface area contributed by atoms with Crippen LogP contribution >= 0.6 is 23.5 Å². The van der Waals surface area contributed by atoms with E-state index in [1.54, 1.807) is 34.7 Å². The van der Waals surface area contributed by atoms with E-state index < -0.39 is 11.9 Å². The number of thioether (sulfide) groups is 2. The highest BCUT2D eigenvalue weighted by Gasteiger charge is 2.21. The predicted octanol–water partition coefficient (Wildman–Crippen LogP) is 2.66. The molecule has 0 aliphatic heterocycles. The van der Waals surface area contributed by atoms with Crippen LogP contribution in [0.3, 0.4) is 0 Å². The van der Waals surface area contributed by atoms with Crippen molar-refractivity contribution in [2.45, 2.75) is 30.3 Å². The molecule has 0 unspecified atom stereocenters. The lowest BCUT2D eigenvalue weighted by Crippen LogP contribution is -2.13. The minimum atomic E-state index is -0.602. The fraction of sp³-hybridized carbons (Fsp3) is 0.286. The number of carbonyl (C=O) groups is 2. The van der Waals surface area contributed by atoms with E-state index >= 15 is 0 Å². The van der Waals surface area contributed by atoms with Gasteiger partial charge < -0.3 is 20.7 Å². The van der Waals surface area contributed by atoms with E-state index in [2.05, 4.69) is 30.1 Å². The molecule has 4 N–H and O–H groups in total. The van der Waals surface area contributed by atoms with Crippen molar-refractivity contribution < 1.29 is 24.5 Å². The summed E-state index contributed by atoms with van der Waals surface area (Å²) < 4.78 is 8.23. The van der Waals surface area contributed by atoms with Gasteiger partial charge in [-0.25, -0.2) is 24.7 Å². The Balaban J connectivity index is 0.000000175. The molecule has 0 aliphatic carbocycles. The molecule has 2 aromatic carbocycles. The van der Waals surface area contributed by atoms with Gasteiger partial charge in [-0.15, -0.1) is 0 Å². The Hall–Kier alpha value is -4.38. The summed E-state index contributed by atoms with van der Waals surface area (Å²) in [5.41, 5.74) is 8.59. The third-order valence-electron chi connectivity index (χ3n) is 6.57. The zero-order valence-corrected chi connectivity index (χ0v) is 25.7. The number of rotatable bonds is 9. The van der Waals surface area contributed by atoms with E-state index in [1.165, 1.54) is 23.5 Å². The molecule has 14 nitrogen and oxygen atoms in total. The molecule has 0 spiro atoms. The van der Waals surface area contributed by atoms with Crippen LogP contribution in [0.15, 0.2) is 47.0 Å². The summed E-state index contributed by atoms with van der Waals surface area (Å²) in [5.74, 6) is -1.08. The van der Waals surface area contributed by atoms with Gasteiger partial charge in [-0.1, -0.05) is 35.7 Å². The van der Waals surface area contributed by atoms with Crippen LogP contribution in [0.25, 0.3) is 43.6 Å². The predicted molar refractivity (Wildman–Crippen MR) is 168 cm³/mol. The third kappa shape index (κ3) is 5.88. The Morgan fingerprint density at radius 2 is 1.30 bits per heavy atom. The zero-order chi connectivity index (χ0) is 31.4. The number of primary amides is 1. The van der Waals surface area contributed by atoms with E-state index in [4.69, 9.17) is 10.5 Å². The van der Waals surface area contributed by atoms with Crippen molar-refractivity contribution in [3.8, 4) is 0 Å². The molecule has 0 fully saturated rings. The van der Waals surface area contributed by atoms with E-state index in [1.807, 2.05) is 30.7 Å². The van der Waals surface area contributed by atoms with Gasteiger partial charge in [0.25, 0.3) is 5.91 Å². The van der Waals surface area contributed by atoms with Gasteiger partial charge in [0.15, 0.2) is 21.7 Å². The summed E-state index contributed by atoms with van der Waals surface area (Å²) in [6, 6.07) is 7.28. The van der Waals surface area contributed by atoms with Gasteiger partial charge in [0.2, 0.25) is 0 Å². The molecule has 1 amide bonds. The first-order valence-corrected chi connectivity index (χ1v) is 15.9. The summed E-state index contributed by atoms with van der Waals surface area (Å²) >= 11 is 2.87.